The molecule has 0 unspecified atom stereocenters. The van der Waals surface area contributed by atoms with Crippen molar-refractivity contribution in [2.45, 2.75) is 20.4 Å². The highest BCUT2D eigenvalue weighted by molar-refractivity contribution is 9.10. The van der Waals surface area contributed by atoms with Crippen LogP contribution in [0.1, 0.15) is 18.3 Å². The van der Waals surface area contributed by atoms with E-state index in [4.69, 9.17) is 0 Å². The van der Waals surface area contributed by atoms with Crippen molar-refractivity contribution in [2.75, 3.05) is 11.4 Å². The lowest BCUT2D eigenvalue weighted by atomic mass is 10.2. The Bertz CT molecular complexity index is 661. The van der Waals surface area contributed by atoms with Crippen molar-refractivity contribution in [1.82, 2.24) is 4.98 Å². The molecule has 1 heterocycles. The van der Waals surface area contributed by atoms with Gasteiger partial charge < -0.3 is 4.90 Å². The van der Waals surface area contributed by atoms with Crippen LogP contribution in [0.25, 0.3) is 0 Å². The van der Waals surface area contributed by atoms with Crippen LogP contribution >= 0.6 is 15.9 Å². The van der Waals surface area contributed by atoms with Gasteiger partial charge in [-0.25, -0.2) is 0 Å². The summed E-state index contributed by atoms with van der Waals surface area (Å²) in [5.41, 5.74) is 2.54. The Kier molecular flexibility index (Phi) is 4.90. The molecule has 0 aliphatic carbocycles. The van der Waals surface area contributed by atoms with Gasteiger partial charge in [-0.1, -0.05) is 22.0 Å². The molecule has 0 atom stereocenters. The van der Waals surface area contributed by atoms with E-state index in [1.807, 2.05) is 43.0 Å². The van der Waals surface area contributed by atoms with Crippen molar-refractivity contribution < 1.29 is 4.92 Å². The second-order valence-electron chi connectivity index (χ2n) is 4.67. The number of aryl methyl sites for hydroxylation is 1. The largest absolute Gasteiger partial charge is 0.360 e. The molecular formula is C15H16BrN3O2. The molecule has 0 N–H and O–H groups in total. The van der Waals surface area contributed by atoms with E-state index in [2.05, 4.69) is 20.9 Å². The minimum atomic E-state index is -0.355. The number of nitro groups is 1. The second kappa shape index (κ2) is 6.67. The van der Waals surface area contributed by atoms with E-state index in [0.717, 1.165) is 11.4 Å². The third kappa shape index (κ3) is 3.78. The molecule has 6 heteroatoms. The summed E-state index contributed by atoms with van der Waals surface area (Å²) >= 11 is 3.28. The van der Waals surface area contributed by atoms with Crippen molar-refractivity contribution >= 4 is 27.3 Å². The fraction of sp³-hybridized carbons (Fsp3) is 0.267. The first kappa shape index (κ1) is 15.4. The molecular weight excluding hydrogens is 334 g/mol. The van der Waals surface area contributed by atoms with Crippen molar-refractivity contribution in [2.24, 2.45) is 0 Å². The monoisotopic (exact) mass is 349 g/mol. The number of halogens is 1. The lowest BCUT2D eigenvalue weighted by Crippen LogP contribution is -2.23. The second-order valence-corrected chi connectivity index (χ2v) is 5.59. The van der Waals surface area contributed by atoms with Gasteiger partial charge in [0.15, 0.2) is 0 Å². The number of nitro benzene ring substituents is 1. The number of rotatable bonds is 5. The third-order valence-corrected chi connectivity index (χ3v) is 3.65. The first-order valence-corrected chi connectivity index (χ1v) is 7.42. The van der Waals surface area contributed by atoms with Crippen LogP contribution < -0.4 is 4.90 Å². The summed E-state index contributed by atoms with van der Waals surface area (Å²) in [5.74, 6) is 0. The molecule has 0 spiro atoms. The summed E-state index contributed by atoms with van der Waals surface area (Å²) < 4.78 is 0.697. The molecule has 0 aliphatic heterocycles. The molecule has 0 fully saturated rings. The molecule has 0 radical (unpaired) electrons. The Morgan fingerprint density at radius 2 is 2.10 bits per heavy atom. The number of hydrogen-bond acceptors (Lipinski definition) is 4. The standard InChI is InChI=1S/C15H16BrN3O2/c1-3-18(10-13-6-4-5-11(2)17-13)14-8-7-12(16)9-15(14)19(20)21/h4-9H,3,10H2,1-2H3. The molecule has 0 saturated heterocycles. The Hall–Kier alpha value is -1.95. The molecule has 0 bridgehead atoms. The molecule has 2 rings (SSSR count). The zero-order valence-corrected chi connectivity index (χ0v) is 13.5. The molecule has 0 saturated carbocycles. The predicted molar refractivity (Wildman–Crippen MR) is 86.5 cm³/mol. The fourth-order valence-electron chi connectivity index (χ4n) is 2.16. The van der Waals surface area contributed by atoms with Crippen molar-refractivity contribution in [3.63, 3.8) is 0 Å². The van der Waals surface area contributed by atoms with Gasteiger partial charge in [-0.2, -0.15) is 0 Å². The van der Waals surface area contributed by atoms with E-state index >= 15 is 0 Å². The van der Waals surface area contributed by atoms with Crippen LogP contribution in [0, 0.1) is 17.0 Å². The average molecular weight is 350 g/mol. The summed E-state index contributed by atoms with van der Waals surface area (Å²) in [6.07, 6.45) is 0. The predicted octanol–water partition coefficient (Wildman–Crippen LogP) is 4.09. The Labute approximate surface area is 131 Å². The number of nitrogens with zero attached hydrogens (tertiary/aromatic N) is 3. The molecule has 110 valence electrons. The minimum absolute atomic E-state index is 0.0962. The van der Waals surface area contributed by atoms with Crippen LogP contribution in [0.3, 0.4) is 0 Å². The van der Waals surface area contributed by atoms with Crippen LogP contribution in [-0.2, 0) is 6.54 Å². The van der Waals surface area contributed by atoms with Gasteiger partial charge in [0.05, 0.1) is 17.2 Å². The van der Waals surface area contributed by atoms with Crippen molar-refractivity contribution in [1.29, 1.82) is 0 Å². The highest BCUT2D eigenvalue weighted by Crippen LogP contribution is 2.31. The first-order valence-electron chi connectivity index (χ1n) is 6.62. The van der Waals surface area contributed by atoms with Gasteiger partial charge in [0, 0.05) is 22.8 Å². The first-order chi connectivity index (χ1) is 10.0. The summed E-state index contributed by atoms with van der Waals surface area (Å²) in [6.45, 7) is 5.11. The van der Waals surface area contributed by atoms with Gasteiger partial charge >= 0.3 is 0 Å². The van der Waals surface area contributed by atoms with E-state index in [1.54, 1.807) is 6.07 Å². The highest BCUT2D eigenvalue weighted by atomic mass is 79.9. The van der Waals surface area contributed by atoms with Crippen LogP contribution in [0.5, 0.6) is 0 Å². The van der Waals surface area contributed by atoms with E-state index in [1.165, 1.54) is 6.07 Å². The van der Waals surface area contributed by atoms with Gasteiger partial charge in [0.25, 0.3) is 5.69 Å². The molecule has 0 aliphatic rings. The topological polar surface area (TPSA) is 59.3 Å². The van der Waals surface area contributed by atoms with Gasteiger partial charge in [0.1, 0.15) is 5.69 Å². The van der Waals surface area contributed by atoms with Crippen LogP contribution in [0.15, 0.2) is 40.9 Å². The normalized spacial score (nSPS) is 10.4. The van der Waals surface area contributed by atoms with Crippen LogP contribution in [-0.4, -0.2) is 16.5 Å². The number of anilines is 1. The SMILES string of the molecule is CCN(Cc1cccc(C)n1)c1ccc(Br)cc1[N+](=O)[O-]. The quantitative estimate of drug-likeness (QED) is 0.602. The zero-order chi connectivity index (χ0) is 15.4. The number of hydrogen-bond donors (Lipinski definition) is 0. The lowest BCUT2D eigenvalue weighted by molar-refractivity contribution is -0.384. The molecule has 5 nitrogen and oxygen atoms in total. The smallest absolute Gasteiger partial charge is 0.293 e. The average Bonchev–Trinajstić information content (AvgIpc) is 2.45. The summed E-state index contributed by atoms with van der Waals surface area (Å²) in [5, 5.41) is 11.2. The number of pyridine rings is 1. The van der Waals surface area contributed by atoms with Gasteiger partial charge in [0.2, 0.25) is 0 Å². The lowest BCUT2D eigenvalue weighted by Gasteiger charge is -2.22. The van der Waals surface area contributed by atoms with Crippen molar-refractivity contribution in [3.8, 4) is 0 Å². The maximum Gasteiger partial charge on any atom is 0.293 e. The molecule has 1 aromatic heterocycles. The van der Waals surface area contributed by atoms with Gasteiger partial charge in [-0.05, 0) is 38.1 Å². The number of benzene rings is 1. The van der Waals surface area contributed by atoms with E-state index in [0.29, 0.717) is 23.2 Å². The molecule has 21 heavy (non-hydrogen) atoms. The molecule has 0 amide bonds. The van der Waals surface area contributed by atoms with Crippen molar-refractivity contribution in [3.05, 3.63) is 62.4 Å². The third-order valence-electron chi connectivity index (χ3n) is 3.16. The summed E-state index contributed by atoms with van der Waals surface area (Å²) in [7, 11) is 0. The van der Waals surface area contributed by atoms with E-state index in [9.17, 15) is 10.1 Å². The Balaban J connectivity index is 2.35. The maximum absolute atomic E-state index is 11.2. The summed E-state index contributed by atoms with van der Waals surface area (Å²) in [6, 6.07) is 10.9. The minimum Gasteiger partial charge on any atom is -0.360 e. The zero-order valence-electron chi connectivity index (χ0n) is 11.9. The Morgan fingerprint density at radius 3 is 2.71 bits per heavy atom. The highest BCUT2D eigenvalue weighted by Gasteiger charge is 2.19. The van der Waals surface area contributed by atoms with Gasteiger partial charge in [-0.15, -0.1) is 0 Å². The molecule has 2 aromatic rings. The molecule has 1 aromatic carbocycles. The maximum atomic E-state index is 11.2. The number of aromatic nitrogens is 1. The van der Waals surface area contributed by atoms with Crippen LogP contribution in [0.4, 0.5) is 11.4 Å². The summed E-state index contributed by atoms with van der Waals surface area (Å²) in [4.78, 5) is 17.3. The van der Waals surface area contributed by atoms with E-state index < -0.39 is 0 Å². The van der Waals surface area contributed by atoms with Gasteiger partial charge in [-0.3, -0.25) is 15.1 Å². The Morgan fingerprint density at radius 1 is 1.33 bits per heavy atom. The fourth-order valence-corrected chi connectivity index (χ4v) is 2.51. The van der Waals surface area contributed by atoms with Crippen LogP contribution in [0.2, 0.25) is 0 Å². The van der Waals surface area contributed by atoms with E-state index in [-0.39, 0.29) is 10.6 Å².